The fraction of sp³-hybridized carbons (Fsp3) is 0.641. The zero-order valence-corrected chi connectivity index (χ0v) is 28.1. The SMILES string of the molecule is CCCCCC1CCC(C2CCC(c3ccc(C4CCC(C(F)(F)Oc5cc(F)c(C(F)=CC(F)(F)F)c(F)c5)CC4)c(F)c3)CC2)CC1. The molecule has 1 nitrogen and oxygen atoms in total. The smallest absolute Gasteiger partial charge is 0.412 e. The van der Waals surface area contributed by atoms with Crippen LogP contribution in [0.15, 0.2) is 36.4 Å². The molecular formula is C39H47F9O. The van der Waals surface area contributed by atoms with Gasteiger partial charge in [0.15, 0.2) is 0 Å². The number of benzene rings is 2. The maximum Gasteiger partial charge on any atom is 0.412 e. The number of rotatable bonds is 11. The Hall–Kier alpha value is -2.65. The molecule has 5 rings (SSSR count). The van der Waals surface area contributed by atoms with Crippen LogP contribution in [0, 0.1) is 41.1 Å². The highest BCUT2D eigenvalue weighted by atomic mass is 19.4. The molecular weight excluding hydrogens is 655 g/mol. The van der Waals surface area contributed by atoms with E-state index in [9.17, 15) is 26.3 Å². The molecule has 0 saturated heterocycles. The Bertz CT molecular complexity index is 1390. The molecule has 3 saturated carbocycles. The average molecular weight is 703 g/mol. The number of allylic oxidation sites excluding steroid dienone is 1. The minimum absolute atomic E-state index is 0.0461. The molecule has 0 spiro atoms. The molecule has 0 bridgehead atoms. The van der Waals surface area contributed by atoms with Gasteiger partial charge in [-0.2, -0.15) is 22.0 Å². The number of alkyl halides is 5. The predicted molar refractivity (Wildman–Crippen MR) is 172 cm³/mol. The Morgan fingerprint density at radius 1 is 0.714 bits per heavy atom. The van der Waals surface area contributed by atoms with E-state index >= 15 is 13.2 Å². The first-order valence-electron chi connectivity index (χ1n) is 18.0. The van der Waals surface area contributed by atoms with E-state index in [1.165, 1.54) is 64.2 Å². The van der Waals surface area contributed by atoms with E-state index < -0.39 is 53.1 Å². The molecule has 0 heterocycles. The molecule has 0 radical (unpaired) electrons. The molecule has 0 unspecified atom stereocenters. The second-order valence-corrected chi connectivity index (χ2v) is 14.7. The van der Waals surface area contributed by atoms with E-state index in [1.807, 2.05) is 6.07 Å². The quantitative estimate of drug-likeness (QED) is 0.167. The predicted octanol–water partition coefficient (Wildman–Crippen LogP) is 13.6. The lowest BCUT2D eigenvalue weighted by Gasteiger charge is -2.38. The monoisotopic (exact) mass is 702 g/mol. The van der Waals surface area contributed by atoms with E-state index in [4.69, 9.17) is 0 Å². The van der Waals surface area contributed by atoms with E-state index in [1.54, 1.807) is 12.1 Å². The van der Waals surface area contributed by atoms with Crippen LogP contribution in [-0.4, -0.2) is 12.3 Å². The van der Waals surface area contributed by atoms with Gasteiger partial charge in [0, 0.05) is 12.1 Å². The molecule has 2 aromatic carbocycles. The summed E-state index contributed by atoms with van der Waals surface area (Å²) in [6.45, 7) is 2.25. The van der Waals surface area contributed by atoms with Crippen molar-refractivity contribution < 1.29 is 44.3 Å². The lowest BCUT2D eigenvalue weighted by Crippen LogP contribution is -2.37. The summed E-state index contributed by atoms with van der Waals surface area (Å²) < 4.78 is 130. The van der Waals surface area contributed by atoms with Gasteiger partial charge in [-0.3, -0.25) is 0 Å². The van der Waals surface area contributed by atoms with Crippen LogP contribution in [0.5, 0.6) is 5.75 Å². The van der Waals surface area contributed by atoms with Crippen molar-refractivity contribution in [3.8, 4) is 5.75 Å². The fourth-order valence-electron chi connectivity index (χ4n) is 8.72. The highest BCUT2D eigenvalue weighted by Gasteiger charge is 2.45. The number of unbranched alkanes of at least 4 members (excludes halogenated alkanes) is 2. The molecule has 272 valence electrons. The number of halogens is 9. The summed E-state index contributed by atoms with van der Waals surface area (Å²) >= 11 is 0. The summed E-state index contributed by atoms with van der Waals surface area (Å²) in [5, 5.41) is 0. The van der Waals surface area contributed by atoms with E-state index in [-0.39, 0.29) is 49.6 Å². The third-order valence-corrected chi connectivity index (χ3v) is 11.5. The van der Waals surface area contributed by atoms with Gasteiger partial charge >= 0.3 is 12.3 Å². The number of ether oxygens (including phenoxy) is 1. The zero-order valence-electron chi connectivity index (χ0n) is 28.1. The standard InChI is InChI=1S/C39H47F9O/c1-2-3-4-5-24-6-8-25(9-7-24)26-10-12-27(13-11-26)29-16-19-32(33(40)20-29)28-14-17-30(18-15-28)39(47,48)49-31-21-34(41)37(35(42)22-31)36(43)23-38(44,45)46/h16,19-28,30H,2-15,17-18H2,1H3. The van der Waals surface area contributed by atoms with E-state index in [0.29, 0.717) is 11.5 Å². The van der Waals surface area contributed by atoms with Gasteiger partial charge in [-0.1, -0.05) is 57.6 Å². The largest absolute Gasteiger partial charge is 0.432 e. The molecule has 49 heavy (non-hydrogen) atoms. The van der Waals surface area contributed by atoms with Crippen LogP contribution in [0.3, 0.4) is 0 Å². The molecule has 0 aliphatic heterocycles. The second-order valence-electron chi connectivity index (χ2n) is 14.7. The van der Waals surface area contributed by atoms with E-state index in [0.717, 1.165) is 36.2 Å². The molecule has 0 N–H and O–H groups in total. The van der Waals surface area contributed by atoms with Gasteiger partial charge in [0.2, 0.25) is 0 Å². The lowest BCUT2D eigenvalue weighted by atomic mass is 9.68. The van der Waals surface area contributed by atoms with Crippen molar-refractivity contribution >= 4 is 5.83 Å². The maximum atomic E-state index is 15.4. The Morgan fingerprint density at radius 3 is 1.84 bits per heavy atom. The zero-order chi connectivity index (χ0) is 35.3. The van der Waals surface area contributed by atoms with Crippen LogP contribution in [0.1, 0.15) is 138 Å². The summed E-state index contributed by atoms with van der Waals surface area (Å²) in [6, 6.07) is 5.84. The van der Waals surface area contributed by atoms with Gasteiger partial charge < -0.3 is 4.74 Å². The number of hydrogen-bond donors (Lipinski definition) is 0. The Kier molecular flexibility index (Phi) is 12.4. The van der Waals surface area contributed by atoms with Crippen LogP contribution < -0.4 is 4.74 Å². The highest BCUT2D eigenvalue weighted by Crippen LogP contribution is 2.47. The van der Waals surface area contributed by atoms with Crippen molar-refractivity contribution in [2.75, 3.05) is 0 Å². The van der Waals surface area contributed by atoms with Crippen LogP contribution in [0.25, 0.3) is 5.83 Å². The first-order chi connectivity index (χ1) is 23.2. The normalized spacial score (nSPS) is 27.3. The molecule has 3 aliphatic rings. The fourth-order valence-corrected chi connectivity index (χ4v) is 8.72. The van der Waals surface area contributed by atoms with Crippen LogP contribution in [-0.2, 0) is 0 Å². The highest BCUT2D eigenvalue weighted by molar-refractivity contribution is 5.61. The van der Waals surface area contributed by atoms with Crippen LogP contribution in [0.2, 0.25) is 0 Å². The van der Waals surface area contributed by atoms with Gasteiger partial charge in [-0.25, -0.2) is 17.6 Å². The summed E-state index contributed by atoms with van der Waals surface area (Å²) in [6.07, 6.45) is 5.62. The van der Waals surface area contributed by atoms with Crippen LogP contribution >= 0.6 is 0 Å². The first kappa shape index (κ1) is 37.6. The molecule has 3 aliphatic carbocycles. The molecule has 3 fully saturated rings. The van der Waals surface area contributed by atoms with Crippen LogP contribution in [0.4, 0.5) is 39.5 Å². The third kappa shape index (κ3) is 9.78. The molecule has 2 aromatic rings. The molecule has 0 aromatic heterocycles. The average Bonchev–Trinajstić information content (AvgIpc) is 3.04. The van der Waals surface area contributed by atoms with Crippen molar-refractivity contribution in [2.45, 2.75) is 134 Å². The second kappa shape index (κ2) is 16.1. The Balaban J connectivity index is 1.11. The number of hydrogen-bond acceptors (Lipinski definition) is 1. The summed E-state index contributed by atoms with van der Waals surface area (Å²) in [4.78, 5) is 0. The van der Waals surface area contributed by atoms with Crippen molar-refractivity contribution in [3.63, 3.8) is 0 Å². The van der Waals surface area contributed by atoms with Crippen molar-refractivity contribution in [2.24, 2.45) is 23.7 Å². The van der Waals surface area contributed by atoms with Gasteiger partial charge in [0.25, 0.3) is 0 Å². The summed E-state index contributed by atoms with van der Waals surface area (Å²) in [7, 11) is 0. The Labute approximate surface area is 283 Å². The van der Waals surface area contributed by atoms with Gasteiger partial charge in [-0.05, 0) is 111 Å². The minimum atomic E-state index is -5.18. The molecule has 0 atom stereocenters. The molecule has 0 amide bonds. The lowest BCUT2D eigenvalue weighted by molar-refractivity contribution is -0.222. The Morgan fingerprint density at radius 2 is 1.29 bits per heavy atom. The third-order valence-electron chi connectivity index (χ3n) is 11.5. The van der Waals surface area contributed by atoms with Crippen molar-refractivity contribution in [1.82, 2.24) is 0 Å². The minimum Gasteiger partial charge on any atom is -0.432 e. The van der Waals surface area contributed by atoms with E-state index in [2.05, 4.69) is 11.7 Å². The van der Waals surface area contributed by atoms with Gasteiger partial charge in [0.1, 0.15) is 29.0 Å². The molecule has 10 heteroatoms. The van der Waals surface area contributed by atoms with Gasteiger partial charge in [0.05, 0.1) is 17.6 Å². The van der Waals surface area contributed by atoms with Crippen molar-refractivity contribution in [3.05, 3.63) is 70.5 Å². The van der Waals surface area contributed by atoms with Gasteiger partial charge in [-0.15, -0.1) is 0 Å². The summed E-state index contributed by atoms with van der Waals surface area (Å²) in [5.74, 6) is -5.98. The maximum absolute atomic E-state index is 15.4. The topological polar surface area (TPSA) is 9.23 Å². The first-order valence-corrected chi connectivity index (χ1v) is 18.0. The summed E-state index contributed by atoms with van der Waals surface area (Å²) in [5.41, 5.74) is -0.142. The van der Waals surface area contributed by atoms with Crippen molar-refractivity contribution in [1.29, 1.82) is 0 Å².